The van der Waals surface area contributed by atoms with Gasteiger partial charge < -0.3 is 9.64 Å². The summed E-state index contributed by atoms with van der Waals surface area (Å²) in [6.45, 7) is 3.19. The lowest BCUT2D eigenvalue weighted by Crippen LogP contribution is -2.27. The highest BCUT2D eigenvalue weighted by Crippen LogP contribution is 1.85. The SMILES string of the molecule is COCCN(C)OCCN(C)C. The molecule has 0 rings (SSSR count). The lowest BCUT2D eigenvalue weighted by molar-refractivity contribution is -0.148. The van der Waals surface area contributed by atoms with Crippen molar-refractivity contribution in [2.24, 2.45) is 0 Å². The van der Waals surface area contributed by atoms with Crippen molar-refractivity contribution in [1.82, 2.24) is 9.96 Å². The molecule has 0 aliphatic heterocycles. The van der Waals surface area contributed by atoms with Crippen molar-refractivity contribution in [3.8, 4) is 0 Å². The second kappa shape index (κ2) is 7.49. The van der Waals surface area contributed by atoms with Crippen molar-refractivity contribution in [3.63, 3.8) is 0 Å². The van der Waals surface area contributed by atoms with Crippen LogP contribution in [0.2, 0.25) is 0 Å². The van der Waals surface area contributed by atoms with Crippen LogP contribution in [0.5, 0.6) is 0 Å². The van der Waals surface area contributed by atoms with E-state index in [-0.39, 0.29) is 0 Å². The Balaban J connectivity index is 3.13. The van der Waals surface area contributed by atoms with E-state index in [0.717, 1.165) is 19.7 Å². The van der Waals surface area contributed by atoms with Crippen molar-refractivity contribution >= 4 is 0 Å². The average Bonchev–Trinajstić information content (AvgIpc) is 2.00. The van der Waals surface area contributed by atoms with E-state index in [0.29, 0.717) is 6.61 Å². The molecule has 12 heavy (non-hydrogen) atoms. The van der Waals surface area contributed by atoms with Crippen LogP contribution in [0.25, 0.3) is 0 Å². The molecular weight excluding hydrogens is 156 g/mol. The zero-order valence-electron chi connectivity index (χ0n) is 8.54. The van der Waals surface area contributed by atoms with Crippen LogP contribution in [0.1, 0.15) is 0 Å². The third-order valence-corrected chi connectivity index (χ3v) is 1.46. The van der Waals surface area contributed by atoms with E-state index >= 15 is 0 Å². The summed E-state index contributed by atoms with van der Waals surface area (Å²) in [7, 11) is 7.65. The van der Waals surface area contributed by atoms with Gasteiger partial charge in [-0.05, 0) is 14.1 Å². The summed E-state index contributed by atoms with van der Waals surface area (Å²) >= 11 is 0. The highest BCUT2D eigenvalue weighted by Gasteiger charge is 1.97. The molecule has 0 aromatic rings. The lowest BCUT2D eigenvalue weighted by Gasteiger charge is -2.17. The molecule has 0 heterocycles. The summed E-state index contributed by atoms with van der Waals surface area (Å²) in [5.74, 6) is 0. The molecule has 0 aromatic heterocycles. The maximum Gasteiger partial charge on any atom is 0.0811 e. The molecule has 4 nitrogen and oxygen atoms in total. The van der Waals surface area contributed by atoms with Gasteiger partial charge in [-0.15, -0.1) is 0 Å². The van der Waals surface area contributed by atoms with Gasteiger partial charge in [0.2, 0.25) is 0 Å². The van der Waals surface area contributed by atoms with E-state index in [2.05, 4.69) is 4.90 Å². The van der Waals surface area contributed by atoms with Gasteiger partial charge in [-0.25, -0.2) is 0 Å². The number of rotatable bonds is 7. The Kier molecular flexibility index (Phi) is 7.39. The van der Waals surface area contributed by atoms with Gasteiger partial charge in [-0.2, -0.15) is 5.06 Å². The molecule has 0 aliphatic rings. The Bertz CT molecular complexity index is 99.1. The Labute approximate surface area is 75.0 Å². The molecule has 0 aliphatic carbocycles. The number of methoxy groups -OCH3 is 1. The fraction of sp³-hybridized carbons (Fsp3) is 1.00. The molecular formula is C8H20N2O2. The number of hydroxylamine groups is 2. The van der Waals surface area contributed by atoms with Crippen LogP contribution in [0.3, 0.4) is 0 Å². The number of hydrogen-bond acceptors (Lipinski definition) is 4. The molecule has 0 atom stereocenters. The summed E-state index contributed by atoms with van der Waals surface area (Å²) in [6.07, 6.45) is 0. The van der Waals surface area contributed by atoms with Crippen LogP contribution in [0, 0.1) is 0 Å². The van der Waals surface area contributed by atoms with E-state index in [4.69, 9.17) is 9.57 Å². The first-order valence-corrected chi connectivity index (χ1v) is 4.14. The van der Waals surface area contributed by atoms with Crippen LogP contribution >= 0.6 is 0 Å². The van der Waals surface area contributed by atoms with E-state index < -0.39 is 0 Å². The van der Waals surface area contributed by atoms with Crippen molar-refractivity contribution in [2.75, 3.05) is 54.6 Å². The Hall–Kier alpha value is -0.160. The standard InChI is InChI=1S/C8H20N2O2/c1-9(2)5-8-12-10(3)6-7-11-4/h5-8H2,1-4H3. The topological polar surface area (TPSA) is 24.9 Å². The number of ether oxygens (including phenoxy) is 1. The van der Waals surface area contributed by atoms with Crippen LogP contribution < -0.4 is 0 Å². The van der Waals surface area contributed by atoms with Crippen LogP contribution in [0.4, 0.5) is 0 Å². The molecule has 74 valence electrons. The van der Waals surface area contributed by atoms with Gasteiger partial charge in [0, 0.05) is 27.2 Å². The Morgan fingerprint density at radius 3 is 2.17 bits per heavy atom. The first-order chi connectivity index (χ1) is 5.66. The van der Waals surface area contributed by atoms with Crippen molar-refractivity contribution in [2.45, 2.75) is 0 Å². The highest BCUT2D eigenvalue weighted by atomic mass is 16.7. The second-order valence-corrected chi connectivity index (χ2v) is 2.98. The molecule has 0 bridgehead atoms. The minimum atomic E-state index is 0.707. The fourth-order valence-electron chi connectivity index (χ4n) is 0.664. The minimum Gasteiger partial charge on any atom is -0.383 e. The molecule has 0 N–H and O–H groups in total. The molecule has 0 spiro atoms. The molecule has 0 saturated carbocycles. The third-order valence-electron chi connectivity index (χ3n) is 1.46. The van der Waals surface area contributed by atoms with Crippen LogP contribution in [-0.4, -0.2) is 64.5 Å². The first kappa shape index (κ1) is 11.8. The maximum absolute atomic E-state index is 5.37. The van der Waals surface area contributed by atoms with Crippen molar-refractivity contribution in [1.29, 1.82) is 0 Å². The fourth-order valence-corrected chi connectivity index (χ4v) is 0.664. The maximum atomic E-state index is 5.37. The number of likely N-dealkylation sites (N-methyl/N-ethyl adjacent to an activating group) is 2. The predicted octanol–water partition coefficient (Wildman–Crippen LogP) is 0.0578. The number of nitrogens with zero attached hydrogens (tertiary/aromatic N) is 2. The van der Waals surface area contributed by atoms with Gasteiger partial charge in [-0.3, -0.25) is 4.84 Å². The first-order valence-electron chi connectivity index (χ1n) is 4.14. The highest BCUT2D eigenvalue weighted by molar-refractivity contribution is 4.40. The minimum absolute atomic E-state index is 0.707. The van der Waals surface area contributed by atoms with Gasteiger partial charge in [0.15, 0.2) is 0 Å². The quantitative estimate of drug-likeness (QED) is 0.512. The normalized spacial score (nSPS) is 11.5. The Morgan fingerprint density at radius 1 is 1.00 bits per heavy atom. The molecule has 0 fully saturated rings. The van der Waals surface area contributed by atoms with Crippen molar-refractivity contribution in [3.05, 3.63) is 0 Å². The summed E-state index contributed by atoms with van der Waals surface area (Å²) in [6, 6.07) is 0. The van der Waals surface area contributed by atoms with Gasteiger partial charge in [0.25, 0.3) is 0 Å². The van der Waals surface area contributed by atoms with E-state index in [9.17, 15) is 0 Å². The van der Waals surface area contributed by atoms with Crippen LogP contribution in [0.15, 0.2) is 0 Å². The number of hydrogen-bond donors (Lipinski definition) is 0. The zero-order chi connectivity index (χ0) is 9.40. The third kappa shape index (κ3) is 7.94. The summed E-state index contributed by atoms with van der Waals surface area (Å²) in [5, 5.41) is 1.80. The molecule has 0 saturated heterocycles. The average molecular weight is 176 g/mol. The Morgan fingerprint density at radius 2 is 1.67 bits per heavy atom. The zero-order valence-corrected chi connectivity index (χ0v) is 8.54. The largest absolute Gasteiger partial charge is 0.383 e. The van der Waals surface area contributed by atoms with Gasteiger partial charge in [0.05, 0.1) is 13.2 Å². The molecule has 0 radical (unpaired) electrons. The van der Waals surface area contributed by atoms with E-state index in [1.54, 1.807) is 12.2 Å². The van der Waals surface area contributed by atoms with Gasteiger partial charge in [-0.1, -0.05) is 0 Å². The van der Waals surface area contributed by atoms with Crippen LogP contribution in [-0.2, 0) is 9.57 Å². The summed E-state index contributed by atoms with van der Waals surface area (Å²) in [5.41, 5.74) is 0. The smallest absolute Gasteiger partial charge is 0.0811 e. The lowest BCUT2D eigenvalue weighted by atomic mass is 10.6. The predicted molar refractivity (Wildman–Crippen MR) is 49.0 cm³/mol. The second-order valence-electron chi connectivity index (χ2n) is 2.98. The molecule has 0 aromatic carbocycles. The summed E-state index contributed by atoms with van der Waals surface area (Å²) < 4.78 is 4.91. The molecule has 4 heteroatoms. The monoisotopic (exact) mass is 176 g/mol. The van der Waals surface area contributed by atoms with Gasteiger partial charge in [0.1, 0.15) is 0 Å². The van der Waals surface area contributed by atoms with Gasteiger partial charge >= 0.3 is 0 Å². The molecule has 0 amide bonds. The van der Waals surface area contributed by atoms with E-state index in [1.807, 2.05) is 21.1 Å². The molecule has 0 unspecified atom stereocenters. The summed E-state index contributed by atoms with van der Waals surface area (Å²) in [4.78, 5) is 7.45. The van der Waals surface area contributed by atoms with Crippen molar-refractivity contribution < 1.29 is 9.57 Å². The van der Waals surface area contributed by atoms with E-state index in [1.165, 1.54) is 0 Å².